The molecule has 0 heterocycles. The molecular weight excluding hydrogens is 128 g/mol. The number of benzene rings is 1. The van der Waals surface area contributed by atoms with Crippen LogP contribution in [-0.4, -0.2) is 5.11 Å². The first-order valence-corrected chi connectivity index (χ1v) is 2.96. The van der Waals surface area contributed by atoms with Crippen LogP contribution < -0.4 is 11.5 Å². The first kappa shape index (κ1) is 6.74. The summed E-state index contributed by atoms with van der Waals surface area (Å²) in [5.41, 5.74) is 12.2. The molecule has 54 valence electrons. The van der Waals surface area contributed by atoms with E-state index in [4.69, 9.17) is 11.5 Å². The molecule has 0 atom stereocenters. The second-order valence-electron chi connectivity index (χ2n) is 2.23. The third-order valence-electron chi connectivity index (χ3n) is 1.45. The Morgan fingerprint density at radius 2 is 1.90 bits per heavy atom. The van der Waals surface area contributed by atoms with E-state index in [2.05, 4.69) is 0 Å². The van der Waals surface area contributed by atoms with E-state index < -0.39 is 0 Å². The van der Waals surface area contributed by atoms with Gasteiger partial charge in [-0.3, -0.25) is 0 Å². The Labute approximate surface area is 59.3 Å². The zero-order valence-corrected chi connectivity index (χ0v) is 5.76. The molecule has 0 aliphatic heterocycles. The standard InChI is InChI=1S/C7H10N2O/c1-4-2-3-5(8)6(9)7(4)10/h2-3,10H,8-9H2,1H3. The Balaban J connectivity index is 3.34. The Bertz CT molecular complexity index is 231. The maximum Gasteiger partial charge on any atom is 0.143 e. The Hall–Kier alpha value is -1.38. The molecule has 0 saturated carbocycles. The van der Waals surface area contributed by atoms with Gasteiger partial charge in [0.15, 0.2) is 0 Å². The summed E-state index contributed by atoms with van der Waals surface area (Å²) < 4.78 is 0. The quantitative estimate of drug-likeness (QED) is 0.368. The molecular formula is C7H10N2O. The van der Waals surface area contributed by atoms with E-state index >= 15 is 0 Å². The molecule has 5 N–H and O–H groups in total. The molecule has 0 radical (unpaired) electrons. The third-order valence-corrected chi connectivity index (χ3v) is 1.45. The van der Waals surface area contributed by atoms with Crippen molar-refractivity contribution in [2.45, 2.75) is 6.92 Å². The van der Waals surface area contributed by atoms with Crippen LogP contribution in [-0.2, 0) is 0 Å². The van der Waals surface area contributed by atoms with Crippen molar-refractivity contribution in [2.24, 2.45) is 0 Å². The molecule has 1 aromatic carbocycles. The smallest absolute Gasteiger partial charge is 0.143 e. The predicted molar refractivity (Wildman–Crippen MR) is 41.7 cm³/mol. The molecule has 0 saturated heterocycles. The zero-order chi connectivity index (χ0) is 7.72. The van der Waals surface area contributed by atoms with Gasteiger partial charge in [-0.25, -0.2) is 0 Å². The number of anilines is 2. The maximum absolute atomic E-state index is 9.18. The van der Waals surface area contributed by atoms with Gasteiger partial charge in [-0.05, 0) is 18.6 Å². The SMILES string of the molecule is Cc1ccc(N)c(N)c1O. The average Bonchev–Trinajstić information content (AvgIpc) is 1.93. The molecule has 0 aromatic heterocycles. The number of phenolic OH excluding ortho intramolecular Hbond substituents is 1. The summed E-state index contributed by atoms with van der Waals surface area (Å²) in [6.45, 7) is 1.77. The topological polar surface area (TPSA) is 72.3 Å². The Kier molecular flexibility index (Phi) is 1.41. The van der Waals surface area contributed by atoms with Gasteiger partial charge >= 0.3 is 0 Å². The van der Waals surface area contributed by atoms with Crippen molar-refractivity contribution >= 4 is 11.4 Å². The zero-order valence-electron chi connectivity index (χ0n) is 5.76. The van der Waals surface area contributed by atoms with E-state index in [9.17, 15) is 5.11 Å². The minimum atomic E-state index is 0.0833. The first-order chi connectivity index (χ1) is 4.63. The van der Waals surface area contributed by atoms with Crippen molar-refractivity contribution in [2.75, 3.05) is 11.5 Å². The summed E-state index contributed by atoms with van der Waals surface area (Å²) >= 11 is 0. The van der Waals surface area contributed by atoms with E-state index in [0.29, 0.717) is 5.69 Å². The molecule has 0 fully saturated rings. The van der Waals surface area contributed by atoms with Crippen LogP contribution in [0.2, 0.25) is 0 Å². The number of aryl methyl sites for hydroxylation is 1. The molecule has 3 heteroatoms. The molecule has 0 spiro atoms. The largest absolute Gasteiger partial charge is 0.505 e. The van der Waals surface area contributed by atoms with Crippen LogP contribution in [0, 0.1) is 6.92 Å². The van der Waals surface area contributed by atoms with E-state index in [1.165, 1.54) is 0 Å². The van der Waals surface area contributed by atoms with Crippen LogP contribution >= 0.6 is 0 Å². The van der Waals surface area contributed by atoms with Gasteiger partial charge in [-0.15, -0.1) is 0 Å². The van der Waals surface area contributed by atoms with Crippen molar-refractivity contribution in [1.29, 1.82) is 0 Å². The number of aromatic hydroxyl groups is 1. The molecule has 3 nitrogen and oxygen atoms in total. The lowest BCUT2D eigenvalue weighted by Gasteiger charge is -2.04. The molecule has 1 aromatic rings. The van der Waals surface area contributed by atoms with Crippen molar-refractivity contribution < 1.29 is 5.11 Å². The second-order valence-corrected chi connectivity index (χ2v) is 2.23. The van der Waals surface area contributed by atoms with E-state index in [1.807, 2.05) is 0 Å². The monoisotopic (exact) mass is 138 g/mol. The van der Waals surface area contributed by atoms with E-state index in [-0.39, 0.29) is 11.4 Å². The van der Waals surface area contributed by atoms with Crippen LogP contribution in [0.1, 0.15) is 5.56 Å². The van der Waals surface area contributed by atoms with Crippen molar-refractivity contribution in [3.63, 3.8) is 0 Å². The summed E-state index contributed by atoms with van der Waals surface area (Å²) in [6.07, 6.45) is 0. The van der Waals surface area contributed by atoms with Crippen molar-refractivity contribution in [3.8, 4) is 5.75 Å². The first-order valence-electron chi connectivity index (χ1n) is 2.96. The highest BCUT2D eigenvalue weighted by molar-refractivity contribution is 5.72. The van der Waals surface area contributed by atoms with Gasteiger partial charge in [-0.1, -0.05) is 6.07 Å². The van der Waals surface area contributed by atoms with Gasteiger partial charge in [0, 0.05) is 0 Å². The normalized spacial score (nSPS) is 9.70. The van der Waals surface area contributed by atoms with Crippen LogP contribution in [0.15, 0.2) is 12.1 Å². The molecule has 10 heavy (non-hydrogen) atoms. The van der Waals surface area contributed by atoms with E-state index in [1.54, 1.807) is 19.1 Å². The number of phenols is 1. The highest BCUT2D eigenvalue weighted by atomic mass is 16.3. The summed E-state index contributed by atoms with van der Waals surface area (Å²) in [5.74, 6) is 0.0833. The van der Waals surface area contributed by atoms with Gasteiger partial charge in [0.25, 0.3) is 0 Å². The Morgan fingerprint density at radius 1 is 1.30 bits per heavy atom. The van der Waals surface area contributed by atoms with Gasteiger partial charge in [0.1, 0.15) is 5.75 Å². The molecule has 0 bridgehead atoms. The minimum absolute atomic E-state index is 0.0833. The summed E-state index contributed by atoms with van der Waals surface area (Å²) in [7, 11) is 0. The molecule has 0 aliphatic carbocycles. The molecule has 0 unspecified atom stereocenters. The number of rotatable bonds is 0. The highest BCUT2D eigenvalue weighted by Crippen LogP contribution is 2.28. The second kappa shape index (κ2) is 2.10. The molecule has 0 amide bonds. The fourth-order valence-electron chi connectivity index (χ4n) is 0.733. The molecule has 0 aliphatic rings. The maximum atomic E-state index is 9.18. The minimum Gasteiger partial charge on any atom is -0.505 e. The van der Waals surface area contributed by atoms with Crippen molar-refractivity contribution in [1.82, 2.24) is 0 Å². The van der Waals surface area contributed by atoms with Crippen LogP contribution in [0.25, 0.3) is 0 Å². The summed E-state index contributed by atoms with van der Waals surface area (Å²) in [5, 5.41) is 9.18. The van der Waals surface area contributed by atoms with Crippen LogP contribution in [0.4, 0.5) is 11.4 Å². The number of hydrogen-bond acceptors (Lipinski definition) is 3. The van der Waals surface area contributed by atoms with Gasteiger partial charge in [0.05, 0.1) is 11.4 Å². The number of nitrogen functional groups attached to an aromatic ring is 2. The summed E-state index contributed by atoms with van der Waals surface area (Å²) in [4.78, 5) is 0. The lowest BCUT2D eigenvalue weighted by atomic mass is 10.2. The van der Waals surface area contributed by atoms with Crippen molar-refractivity contribution in [3.05, 3.63) is 17.7 Å². The van der Waals surface area contributed by atoms with Gasteiger partial charge < -0.3 is 16.6 Å². The fraction of sp³-hybridized carbons (Fsp3) is 0.143. The van der Waals surface area contributed by atoms with E-state index in [0.717, 1.165) is 5.56 Å². The average molecular weight is 138 g/mol. The fourth-order valence-corrected chi connectivity index (χ4v) is 0.733. The summed E-state index contributed by atoms with van der Waals surface area (Å²) in [6, 6.07) is 3.39. The van der Waals surface area contributed by atoms with Crippen LogP contribution in [0.3, 0.4) is 0 Å². The lowest BCUT2D eigenvalue weighted by Crippen LogP contribution is -1.95. The molecule has 1 rings (SSSR count). The van der Waals surface area contributed by atoms with Gasteiger partial charge in [-0.2, -0.15) is 0 Å². The van der Waals surface area contributed by atoms with Gasteiger partial charge in [0.2, 0.25) is 0 Å². The third kappa shape index (κ3) is 0.857. The predicted octanol–water partition coefficient (Wildman–Crippen LogP) is 0.865. The Morgan fingerprint density at radius 3 is 2.40 bits per heavy atom. The highest BCUT2D eigenvalue weighted by Gasteiger charge is 2.02. The number of nitrogens with two attached hydrogens (primary N) is 2. The van der Waals surface area contributed by atoms with Crippen LogP contribution in [0.5, 0.6) is 5.75 Å². The lowest BCUT2D eigenvalue weighted by molar-refractivity contribution is 0.474. The number of hydrogen-bond donors (Lipinski definition) is 3.